The van der Waals surface area contributed by atoms with Crippen molar-refractivity contribution in [3.63, 3.8) is 0 Å². The molecule has 1 aromatic heterocycles. The van der Waals surface area contributed by atoms with Crippen LogP contribution in [0.15, 0.2) is 29.6 Å². The van der Waals surface area contributed by atoms with Crippen LogP contribution in [0.5, 0.6) is 0 Å². The molecule has 0 aliphatic heterocycles. The van der Waals surface area contributed by atoms with Gasteiger partial charge in [0.2, 0.25) is 0 Å². The second-order valence-electron chi connectivity index (χ2n) is 4.34. The Balaban J connectivity index is 3.23. The Kier molecular flexibility index (Phi) is 3.64. The lowest BCUT2D eigenvalue weighted by atomic mass is 9.86. The molecule has 0 aliphatic carbocycles. The van der Waals surface area contributed by atoms with Crippen molar-refractivity contribution < 1.29 is 0 Å². The number of nitrogens with zero attached hydrogens (tertiary/aromatic N) is 1. The van der Waals surface area contributed by atoms with Gasteiger partial charge < -0.3 is 0 Å². The Hall–Kier alpha value is -1.15. The number of allylic oxidation sites excluding steroid dienone is 1. The molecule has 1 heterocycles. The second-order valence-corrected chi connectivity index (χ2v) is 5.19. The predicted octanol–water partition coefficient (Wildman–Crippen LogP) is 4.58. The zero-order valence-electron chi connectivity index (χ0n) is 9.58. The van der Waals surface area contributed by atoms with E-state index in [1.54, 1.807) is 23.6 Å². The van der Waals surface area contributed by atoms with Crippen molar-refractivity contribution >= 4 is 28.6 Å². The summed E-state index contributed by atoms with van der Waals surface area (Å²) in [5.41, 5.74) is 2.59. The molecule has 1 aromatic rings. The van der Waals surface area contributed by atoms with Gasteiger partial charge in [-0.3, -0.25) is 0 Å². The average molecular weight is 219 g/mol. The van der Waals surface area contributed by atoms with Crippen LogP contribution in [0.25, 0.3) is 6.08 Å². The Morgan fingerprint density at radius 2 is 2.00 bits per heavy atom. The largest absolute Gasteiger partial charge is 0.245 e. The predicted molar refractivity (Wildman–Crippen MR) is 71.5 cm³/mol. The van der Waals surface area contributed by atoms with Crippen molar-refractivity contribution in [3.05, 3.63) is 35.7 Å². The van der Waals surface area contributed by atoms with E-state index in [0.717, 1.165) is 10.6 Å². The molecule has 0 saturated carbocycles. The first kappa shape index (κ1) is 11.9. The van der Waals surface area contributed by atoms with Crippen LogP contribution < -0.4 is 0 Å². The fraction of sp³-hybridized carbons (Fsp3) is 0.308. The molecule has 0 radical (unpaired) electrons. The van der Waals surface area contributed by atoms with Crippen molar-refractivity contribution in [2.45, 2.75) is 26.2 Å². The normalized spacial score (nSPS) is 11.9. The van der Waals surface area contributed by atoms with Crippen LogP contribution in [-0.4, -0.2) is 6.21 Å². The van der Waals surface area contributed by atoms with E-state index in [0.29, 0.717) is 0 Å². The summed E-state index contributed by atoms with van der Waals surface area (Å²) in [4.78, 5) is 4.33. The minimum Gasteiger partial charge on any atom is -0.245 e. The zero-order valence-corrected chi connectivity index (χ0v) is 10.4. The van der Waals surface area contributed by atoms with Crippen molar-refractivity contribution in [1.29, 1.82) is 0 Å². The van der Waals surface area contributed by atoms with Gasteiger partial charge in [0.1, 0.15) is 5.00 Å². The molecule has 0 aromatic carbocycles. The minimum atomic E-state index is 0.141. The Labute approximate surface area is 95.9 Å². The van der Waals surface area contributed by atoms with E-state index in [1.165, 1.54) is 5.56 Å². The molecule has 1 nitrogen and oxygen atoms in total. The summed E-state index contributed by atoms with van der Waals surface area (Å²) in [6, 6.07) is 0. The van der Waals surface area contributed by atoms with E-state index in [2.05, 4.69) is 44.3 Å². The van der Waals surface area contributed by atoms with Gasteiger partial charge in [0.05, 0.1) is 0 Å². The number of rotatable bonds is 3. The number of aliphatic imine (C=N–C) groups is 1. The quantitative estimate of drug-likeness (QED) is 0.660. The summed E-state index contributed by atoms with van der Waals surface area (Å²) in [7, 11) is 0. The molecule has 0 amide bonds. The molecule has 0 unspecified atom stereocenters. The highest BCUT2D eigenvalue weighted by Gasteiger charge is 2.20. The maximum atomic E-state index is 4.33. The molecule has 0 fully saturated rings. The molecular formula is C13H17NS. The van der Waals surface area contributed by atoms with Crippen LogP contribution in [0.3, 0.4) is 0 Å². The Morgan fingerprint density at radius 1 is 1.33 bits per heavy atom. The van der Waals surface area contributed by atoms with Crippen molar-refractivity contribution in [1.82, 2.24) is 0 Å². The van der Waals surface area contributed by atoms with E-state index in [1.807, 2.05) is 6.08 Å². The highest BCUT2D eigenvalue weighted by atomic mass is 32.1. The summed E-state index contributed by atoms with van der Waals surface area (Å²) in [5, 5.41) is 3.17. The molecule has 0 atom stereocenters. The number of hydrogen-bond donors (Lipinski definition) is 0. The molecule has 80 valence electrons. The van der Waals surface area contributed by atoms with E-state index < -0.39 is 0 Å². The van der Waals surface area contributed by atoms with Gasteiger partial charge in [-0.2, -0.15) is 0 Å². The van der Waals surface area contributed by atoms with E-state index in [4.69, 9.17) is 0 Å². The van der Waals surface area contributed by atoms with Gasteiger partial charge in [0.25, 0.3) is 0 Å². The van der Waals surface area contributed by atoms with Crippen LogP contribution in [0.4, 0.5) is 5.00 Å². The first-order valence-corrected chi connectivity index (χ1v) is 5.78. The molecule has 2 heteroatoms. The van der Waals surface area contributed by atoms with Crippen molar-refractivity contribution in [2.24, 2.45) is 4.99 Å². The zero-order chi connectivity index (χ0) is 11.5. The second kappa shape index (κ2) is 4.58. The van der Waals surface area contributed by atoms with Crippen LogP contribution in [0.2, 0.25) is 0 Å². The summed E-state index contributed by atoms with van der Waals surface area (Å²) in [6.07, 6.45) is 5.28. The number of hydrogen-bond acceptors (Lipinski definition) is 2. The SMILES string of the molecule is C=C/C=N\c1scc(C(C)(C)C)c1C=C. The fourth-order valence-corrected chi connectivity index (χ4v) is 2.51. The highest BCUT2D eigenvalue weighted by molar-refractivity contribution is 7.14. The van der Waals surface area contributed by atoms with Crippen molar-refractivity contribution in [3.8, 4) is 0 Å². The van der Waals surface area contributed by atoms with Crippen LogP contribution >= 0.6 is 11.3 Å². The van der Waals surface area contributed by atoms with Crippen LogP contribution in [-0.2, 0) is 5.41 Å². The van der Waals surface area contributed by atoms with Gasteiger partial charge in [-0.1, -0.05) is 46.1 Å². The van der Waals surface area contributed by atoms with Crippen molar-refractivity contribution in [2.75, 3.05) is 0 Å². The van der Waals surface area contributed by atoms with E-state index in [-0.39, 0.29) is 5.41 Å². The summed E-state index contributed by atoms with van der Waals surface area (Å²) < 4.78 is 0. The average Bonchev–Trinajstić information content (AvgIpc) is 2.56. The maximum Gasteiger partial charge on any atom is 0.123 e. The topological polar surface area (TPSA) is 12.4 Å². The van der Waals surface area contributed by atoms with E-state index in [9.17, 15) is 0 Å². The van der Waals surface area contributed by atoms with E-state index >= 15 is 0 Å². The van der Waals surface area contributed by atoms with Gasteiger partial charge >= 0.3 is 0 Å². The van der Waals surface area contributed by atoms with Gasteiger partial charge in [0, 0.05) is 11.8 Å². The first-order chi connectivity index (χ1) is 7.00. The molecule has 0 aliphatic rings. The minimum absolute atomic E-state index is 0.141. The molecule has 0 spiro atoms. The lowest BCUT2D eigenvalue weighted by Gasteiger charge is -2.18. The molecule has 0 saturated heterocycles. The molecule has 0 bridgehead atoms. The lowest BCUT2D eigenvalue weighted by molar-refractivity contribution is 0.592. The van der Waals surface area contributed by atoms with Gasteiger partial charge in [-0.05, 0) is 16.4 Å². The third kappa shape index (κ3) is 2.66. The Morgan fingerprint density at radius 3 is 2.47 bits per heavy atom. The third-order valence-electron chi connectivity index (χ3n) is 2.12. The standard InChI is InChI=1S/C13H17NS/c1-6-8-14-12-10(7-2)11(9-15-12)13(3,4)5/h6-9H,1-2H2,3-5H3/b14-8-. The van der Waals surface area contributed by atoms with Gasteiger partial charge in [-0.25, -0.2) is 4.99 Å². The molecule has 1 rings (SSSR count). The fourth-order valence-electron chi connectivity index (χ4n) is 1.36. The highest BCUT2D eigenvalue weighted by Crippen LogP contribution is 2.38. The lowest BCUT2D eigenvalue weighted by Crippen LogP contribution is -2.10. The Bertz CT molecular complexity index is 391. The maximum absolute atomic E-state index is 4.33. The number of thiophene rings is 1. The molecular weight excluding hydrogens is 202 g/mol. The van der Waals surface area contributed by atoms with Crippen LogP contribution in [0.1, 0.15) is 31.9 Å². The third-order valence-corrected chi connectivity index (χ3v) is 3.02. The molecule has 15 heavy (non-hydrogen) atoms. The smallest absolute Gasteiger partial charge is 0.123 e. The summed E-state index contributed by atoms with van der Waals surface area (Å²) in [6.45, 7) is 14.1. The van der Waals surface area contributed by atoms with Gasteiger partial charge in [-0.15, -0.1) is 11.3 Å². The monoisotopic (exact) mass is 219 g/mol. The molecule has 0 N–H and O–H groups in total. The summed E-state index contributed by atoms with van der Waals surface area (Å²) in [5.74, 6) is 0. The summed E-state index contributed by atoms with van der Waals surface area (Å²) >= 11 is 1.65. The first-order valence-electron chi connectivity index (χ1n) is 4.90. The van der Waals surface area contributed by atoms with Gasteiger partial charge in [0.15, 0.2) is 0 Å². The van der Waals surface area contributed by atoms with Crippen LogP contribution in [0, 0.1) is 0 Å².